The lowest BCUT2D eigenvalue weighted by molar-refractivity contribution is -0.121. The number of ether oxygens (including phenoxy) is 2. The van der Waals surface area contributed by atoms with Gasteiger partial charge < -0.3 is 24.6 Å². The quantitative estimate of drug-likeness (QED) is 0.617. The van der Waals surface area contributed by atoms with Gasteiger partial charge >= 0.3 is 0 Å². The first-order valence-corrected chi connectivity index (χ1v) is 8.12. The number of hydrogen-bond donors (Lipinski definition) is 2. The van der Waals surface area contributed by atoms with E-state index >= 15 is 0 Å². The lowest BCUT2D eigenvalue weighted by atomic mass is 10.2. The summed E-state index contributed by atoms with van der Waals surface area (Å²) in [7, 11) is 4.86. The van der Waals surface area contributed by atoms with Crippen LogP contribution in [0, 0.1) is 0 Å². The first-order chi connectivity index (χ1) is 12.1. The minimum Gasteiger partial charge on any atom is -0.493 e. The van der Waals surface area contributed by atoms with Gasteiger partial charge in [0.15, 0.2) is 11.5 Å². The Bertz CT molecular complexity index is 724. The fourth-order valence-electron chi connectivity index (χ4n) is 2.16. The Morgan fingerprint density at radius 3 is 2.69 bits per heavy atom. The molecule has 0 saturated heterocycles. The van der Waals surface area contributed by atoms with Crippen LogP contribution in [0.1, 0.15) is 12.3 Å². The highest BCUT2D eigenvalue weighted by atomic mass is 35.5. The molecular weight excluding hydrogens is 383 g/mol. The van der Waals surface area contributed by atoms with Crippen molar-refractivity contribution >= 4 is 29.9 Å². The van der Waals surface area contributed by atoms with Crippen LogP contribution >= 0.6 is 24.0 Å². The summed E-state index contributed by atoms with van der Waals surface area (Å²) in [6, 6.07) is 3.38. The molecule has 0 aliphatic heterocycles. The maximum absolute atomic E-state index is 11.7. The van der Waals surface area contributed by atoms with Gasteiger partial charge in [0, 0.05) is 31.5 Å². The Labute approximate surface area is 163 Å². The smallest absolute Gasteiger partial charge is 0.227 e. The summed E-state index contributed by atoms with van der Waals surface area (Å²) in [6.45, 7) is 1.30. The SMILES string of the molecule is CNCCNC(=O)CCc1nc(-c2cc(Cl)c(OC)c(OC)c2)no1.Cl. The highest BCUT2D eigenvalue weighted by Gasteiger charge is 2.16. The predicted molar refractivity (Wildman–Crippen MR) is 100 cm³/mol. The molecule has 10 heteroatoms. The molecule has 0 unspecified atom stereocenters. The van der Waals surface area contributed by atoms with Gasteiger partial charge in [-0.15, -0.1) is 12.4 Å². The number of nitrogens with one attached hydrogen (secondary N) is 2. The first kappa shape index (κ1) is 22.0. The number of aromatic nitrogens is 2. The van der Waals surface area contributed by atoms with E-state index in [2.05, 4.69) is 20.8 Å². The number of methoxy groups -OCH3 is 2. The number of carbonyl (C=O) groups is 1. The third-order valence-electron chi connectivity index (χ3n) is 3.42. The Morgan fingerprint density at radius 1 is 1.27 bits per heavy atom. The topological polar surface area (TPSA) is 98.5 Å². The third-order valence-corrected chi connectivity index (χ3v) is 3.70. The van der Waals surface area contributed by atoms with Crippen LogP contribution in [0.3, 0.4) is 0 Å². The largest absolute Gasteiger partial charge is 0.493 e. The van der Waals surface area contributed by atoms with Gasteiger partial charge in [-0.3, -0.25) is 4.79 Å². The van der Waals surface area contributed by atoms with Gasteiger partial charge in [-0.25, -0.2) is 0 Å². The minimum absolute atomic E-state index is 0. The molecule has 1 amide bonds. The number of carbonyl (C=O) groups excluding carboxylic acids is 1. The molecule has 2 N–H and O–H groups in total. The summed E-state index contributed by atoms with van der Waals surface area (Å²) in [5.41, 5.74) is 0.635. The zero-order chi connectivity index (χ0) is 18.2. The lowest BCUT2D eigenvalue weighted by Gasteiger charge is -2.10. The molecule has 2 aromatic rings. The number of amides is 1. The van der Waals surface area contributed by atoms with Crippen LogP contribution in [0.2, 0.25) is 5.02 Å². The zero-order valence-electron chi connectivity index (χ0n) is 14.8. The van der Waals surface area contributed by atoms with Gasteiger partial charge in [0.1, 0.15) is 0 Å². The first-order valence-electron chi connectivity index (χ1n) is 7.74. The van der Waals surface area contributed by atoms with Crippen LogP contribution in [0.5, 0.6) is 11.5 Å². The Hall–Kier alpha value is -2.03. The number of hydrogen-bond acceptors (Lipinski definition) is 7. The summed E-state index contributed by atoms with van der Waals surface area (Å²) in [5.74, 6) is 1.59. The second-order valence-corrected chi connectivity index (χ2v) is 5.57. The van der Waals surface area contributed by atoms with E-state index in [0.29, 0.717) is 46.8 Å². The fourth-order valence-corrected chi connectivity index (χ4v) is 2.44. The second kappa shape index (κ2) is 10.8. The van der Waals surface area contributed by atoms with Crippen LogP contribution in [0.15, 0.2) is 16.7 Å². The molecule has 0 bridgehead atoms. The van der Waals surface area contributed by atoms with Crippen molar-refractivity contribution in [1.82, 2.24) is 20.8 Å². The predicted octanol–water partition coefficient (Wildman–Crippen LogP) is 2.10. The summed E-state index contributed by atoms with van der Waals surface area (Å²) in [5, 5.41) is 10.1. The van der Waals surface area contributed by atoms with Crippen molar-refractivity contribution in [3.05, 3.63) is 23.0 Å². The molecule has 1 aromatic heterocycles. The summed E-state index contributed by atoms with van der Waals surface area (Å²) < 4.78 is 15.7. The standard InChI is InChI=1S/C16H21ClN4O4.ClH/c1-18-6-7-19-13(22)4-5-14-20-16(21-25-14)10-8-11(17)15(24-3)12(9-10)23-2;/h8-9,18H,4-7H2,1-3H3,(H,19,22);1H. The van der Waals surface area contributed by atoms with Crippen molar-refractivity contribution in [3.8, 4) is 22.9 Å². The highest BCUT2D eigenvalue weighted by molar-refractivity contribution is 6.32. The van der Waals surface area contributed by atoms with Gasteiger partial charge in [0.25, 0.3) is 0 Å². The molecule has 0 aliphatic carbocycles. The van der Waals surface area contributed by atoms with E-state index in [4.69, 9.17) is 25.6 Å². The molecule has 144 valence electrons. The van der Waals surface area contributed by atoms with Gasteiger partial charge in [0.05, 0.1) is 19.2 Å². The molecule has 1 heterocycles. The molecule has 2 rings (SSSR count). The van der Waals surface area contributed by atoms with Crippen LogP contribution < -0.4 is 20.1 Å². The van der Waals surface area contributed by atoms with Gasteiger partial charge in [-0.1, -0.05) is 16.8 Å². The molecule has 0 saturated carbocycles. The van der Waals surface area contributed by atoms with E-state index < -0.39 is 0 Å². The maximum Gasteiger partial charge on any atom is 0.227 e. The van der Waals surface area contributed by atoms with E-state index in [9.17, 15) is 4.79 Å². The molecule has 0 radical (unpaired) electrons. The van der Waals surface area contributed by atoms with E-state index in [-0.39, 0.29) is 24.7 Å². The molecular formula is C16H22Cl2N4O4. The molecule has 0 fully saturated rings. The van der Waals surface area contributed by atoms with Crippen molar-refractivity contribution in [2.24, 2.45) is 0 Å². The minimum atomic E-state index is -0.0656. The molecule has 8 nitrogen and oxygen atoms in total. The van der Waals surface area contributed by atoms with E-state index in [1.807, 2.05) is 7.05 Å². The molecule has 26 heavy (non-hydrogen) atoms. The zero-order valence-corrected chi connectivity index (χ0v) is 16.4. The summed E-state index contributed by atoms with van der Waals surface area (Å²) in [6.07, 6.45) is 0.636. The van der Waals surface area contributed by atoms with Crippen LogP contribution in [0.25, 0.3) is 11.4 Å². The molecule has 0 atom stereocenters. The normalized spacial score (nSPS) is 10.2. The van der Waals surface area contributed by atoms with Gasteiger partial charge in [-0.05, 0) is 19.2 Å². The van der Waals surface area contributed by atoms with Crippen molar-refractivity contribution in [1.29, 1.82) is 0 Å². The monoisotopic (exact) mass is 404 g/mol. The van der Waals surface area contributed by atoms with Crippen LogP contribution in [0.4, 0.5) is 0 Å². The average molecular weight is 405 g/mol. The van der Waals surface area contributed by atoms with Crippen LogP contribution in [-0.2, 0) is 11.2 Å². The number of aryl methyl sites for hydroxylation is 1. The number of rotatable bonds is 9. The van der Waals surface area contributed by atoms with Crippen LogP contribution in [-0.4, -0.2) is 50.4 Å². The molecule has 0 aliphatic rings. The van der Waals surface area contributed by atoms with E-state index in [0.717, 1.165) is 6.54 Å². The fraction of sp³-hybridized carbons (Fsp3) is 0.438. The Balaban J connectivity index is 0.00000338. The van der Waals surface area contributed by atoms with Gasteiger partial charge in [0.2, 0.25) is 17.6 Å². The number of benzene rings is 1. The Kier molecular flexibility index (Phi) is 9.18. The summed E-state index contributed by atoms with van der Waals surface area (Å²) >= 11 is 6.18. The Morgan fingerprint density at radius 2 is 2.04 bits per heavy atom. The molecule has 0 spiro atoms. The summed E-state index contributed by atoms with van der Waals surface area (Å²) in [4.78, 5) is 16.0. The molecule has 1 aromatic carbocycles. The van der Waals surface area contributed by atoms with E-state index in [1.54, 1.807) is 12.1 Å². The van der Waals surface area contributed by atoms with Crippen molar-refractivity contribution < 1.29 is 18.8 Å². The number of halogens is 2. The maximum atomic E-state index is 11.7. The average Bonchev–Trinajstić information content (AvgIpc) is 3.08. The van der Waals surface area contributed by atoms with Crippen molar-refractivity contribution in [2.45, 2.75) is 12.8 Å². The van der Waals surface area contributed by atoms with Gasteiger partial charge in [-0.2, -0.15) is 4.98 Å². The second-order valence-electron chi connectivity index (χ2n) is 5.16. The van der Waals surface area contributed by atoms with Crippen molar-refractivity contribution in [3.63, 3.8) is 0 Å². The number of likely N-dealkylation sites (N-methyl/N-ethyl adjacent to an activating group) is 1. The number of nitrogens with zero attached hydrogens (tertiary/aromatic N) is 2. The van der Waals surface area contributed by atoms with E-state index in [1.165, 1.54) is 14.2 Å². The highest BCUT2D eigenvalue weighted by Crippen LogP contribution is 2.38. The van der Waals surface area contributed by atoms with Crippen molar-refractivity contribution in [2.75, 3.05) is 34.4 Å². The lowest BCUT2D eigenvalue weighted by Crippen LogP contribution is -2.30. The third kappa shape index (κ3) is 5.76.